The molecule has 111 heavy (non-hydrogen) atoms. The van der Waals surface area contributed by atoms with Crippen LogP contribution in [0.1, 0.15) is 140 Å². The van der Waals surface area contributed by atoms with Crippen LogP contribution in [0.3, 0.4) is 0 Å². The van der Waals surface area contributed by atoms with Gasteiger partial charge in [0.05, 0.1) is 10.0 Å². The molecule has 7 aromatic rings. The Labute approximate surface area is 641 Å². The van der Waals surface area contributed by atoms with Gasteiger partial charge in [-0.3, -0.25) is 33.6 Å². The normalized spacial score (nSPS) is 23.8. The third kappa shape index (κ3) is 17.2. The molecular formula is C77H78Cl2N8O24. The van der Waals surface area contributed by atoms with E-state index in [1.54, 1.807) is 0 Å². The maximum Gasteiger partial charge on any atom is 0.335 e. The van der Waals surface area contributed by atoms with Crippen LogP contribution in [0.2, 0.25) is 10.0 Å². The van der Waals surface area contributed by atoms with Crippen LogP contribution in [-0.4, -0.2) is 154 Å². The lowest BCUT2D eigenvalue weighted by atomic mass is 9.89. The number of benzene rings is 7. The maximum atomic E-state index is 16.4. The van der Waals surface area contributed by atoms with E-state index >= 15 is 19.2 Å². The number of halogens is 2. The Morgan fingerprint density at radius 2 is 1.18 bits per heavy atom. The number of nitrogens with one attached hydrogen (secondary N) is 8. The van der Waals surface area contributed by atoms with E-state index in [-0.39, 0.29) is 46.8 Å². The van der Waals surface area contributed by atoms with E-state index < -0.39 is 222 Å². The minimum Gasteiger partial charge on any atom is -0.508 e. The van der Waals surface area contributed by atoms with Gasteiger partial charge in [0.25, 0.3) is 0 Å². The number of aliphatic hydroxyl groups excluding tert-OH is 3. The van der Waals surface area contributed by atoms with Crippen molar-refractivity contribution < 1.29 is 118 Å². The number of phenols is 5. The van der Waals surface area contributed by atoms with E-state index in [1.165, 1.54) is 49.5 Å². The SMILES string of the molecule is CNC1C(=O)NC2Cc3ccc(cc3)Oc3cc4cc(c3O[C@@H]3O[C@H](C(=O)O)[C@@H](O)[C@H](O)[C@H]3NC(=O)CCCCCCCCC(C)C)Oc3ccc(cc3Cl)C(O)C3NC(=O)C(NC(=O)C4NC(=O)C(NC2=O)c2cc(cc(O)c2Cl)Oc2cc1ccc2O)c1ccc(O)c(c1)-c1c(O)cc(O)cc1C(C(=O)O)NC3=O. The molecular weight excluding hydrogens is 1490 g/mol. The van der Waals surface area contributed by atoms with Crippen molar-refractivity contribution in [3.8, 4) is 80.1 Å². The number of carbonyl (C=O) groups excluding carboxylic acids is 7. The van der Waals surface area contributed by atoms with Crippen LogP contribution in [0.4, 0.5) is 0 Å². The molecule has 0 saturated carbocycles. The molecule has 1 fully saturated rings. The monoisotopic (exact) mass is 1570 g/mol. The summed E-state index contributed by atoms with van der Waals surface area (Å²) in [5.41, 5.74) is -2.67. The van der Waals surface area contributed by atoms with Crippen molar-refractivity contribution in [1.29, 1.82) is 0 Å². The van der Waals surface area contributed by atoms with Crippen LogP contribution < -0.4 is 61.5 Å². The lowest BCUT2D eigenvalue weighted by Crippen LogP contribution is -2.66. The number of likely N-dealkylation sites (N-methyl/N-ethyl adjacent to an activating group) is 1. The summed E-state index contributed by atoms with van der Waals surface area (Å²) in [6.45, 7) is 4.27. The molecule has 0 radical (unpaired) electrons. The van der Waals surface area contributed by atoms with Crippen molar-refractivity contribution in [2.45, 2.75) is 151 Å². The van der Waals surface area contributed by atoms with Gasteiger partial charge >= 0.3 is 11.9 Å². The third-order valence-electron chi connectivity index (χ3n) is 19.6. The second-order valence-electron chi connectivity index (χ2n) is 27.8. The summed E-state index contributed by atoms with van der Waals surface area (Å²) in [7, 11) is 1.43. The highest BCUT2D eigenvalue weighted by atomic mass is 35.5. The van der Waals surface area contributed by atoms with Gasteiger partial charge in [0.2, 0.25) is 53.4 Å². The molecule has 1 saturated heterocycles. The first-order chi connectivity index (χ1) is 52.9. The summed E-state index contributed by atoms with van der Waals surface area (Å²) in [4.78, 5) is 134. The van der Waals surface area contributed by atoms with Crippen molar-refractivity contribution >= 4 is 76.5 Å². The van der Waals surface area contributed by atoms with Gasteiger partial charge in [-0.05, 0) is 120 Å². The number of carboxylic acid groups (broad SMARTS) is 2. The van der Waals surface area contributed by atoms with Gasteiger partial charge in [0, 0.05) is 47.2 Å². The molecule has 7 aromatic carbocycles. The molecule has 14 rings (SSSR count). The standard InChI is InChI=1S/C77H78Cl2N8O24/c1-32(2)10-8-6-4-5-7-9-11-54(93)82-63-65(95)66(96)68(76(105)106)111-77(63)110-67-52-26-37-27-53(67)109-50-21-16-36(24-44(50)78)64(94)62-74(102)86-61(75(103)104)42-28-38(88)29-48(91)55(42)41-23-34(14-19-46(41)89)58(71(99)87-62)83-72(100)59(37)84-73(101)60-43-30-40(31-49(92)56(43)79)108-51-25-35(15-20-47(51)90)57(80-3)70(98)81-45(69(97)85-60)22-33-12-17-39(107-52)18-13-33/h12-21,23-32,45,57-66,68,77,80,88-92,94-96H,4-11,22H2,1-3H3,(H,81,98)(H,82,93)(H,83,100)(H,84,101)(H,85,97)(H,86,102)(H,87,99)(H,103,104)(H,105,106)/t45?,57?,58?,59?,60?,61?,62?,63-,64?,65-,66+,68+,77-/m1/s1. The molecule has 0 aliphatic carbocycles. The Balaban J connectivity index is 1.09. The van der Waals surface area contributed by atoms with Crippen molar-refractivity contribution in [3.63, 3.8) is 0 Å². The highest BCUT2D eigenvalue weighted by molar-refractivity contribution is 6.33. The van der Waals surface area contributed by atoms with Gasteiger partial charge in [-0.15, -0.1) is 0 Å². The summed E-state index contributed by atoms with van der Waals surface area (Å²) in [6, 6.07) is 5.63. The Kier molecular flexibility index (Phi) is 23.7. The number of aromatic hydroxyl groups is 5. The highest BCUT2D eigenvalue weighted by Gasteiger charge is 2.51. The number of aliphatic hydroxyl groups is 3. The fourth-order valence-electron chi connectivity index (χ4n) is 13.8. The fraction of sp³-hybridized carbons (Fsp3) is 0.338. The number of hydrogen-bond acceptors (Lipinski definition) is 23. The van der Waals surface area contributed by atoms with Crippen molar-refractivity contribution in [2.24, 2.45) is 5.92 Å². The Bertz CT molecular complexity index is 4840. The molecule has 32 nitrogen and oxygen atoms in total. The summed E-state index contributed by atoms with van der Waals surface area (Å²) in [5, 5.41) is 134. The fourth-order valence-corrected chi connectivity index (χ4v) is 14.3. The zero-order chi connectivity index (χ0) is 79.5. The predicted octanol–water partition coefficient (Wildman–Crippen LogP) is 6.71. The largest absolute Gasteiger partial charge is 0.508 e. The molecule has 584 valence electrons. The first-order valence-corrected chi connectivity index (χ1v) is 36.1. The number of phenolic OH excluding ortho intramolecular Hbond substituents is 5. The summed E-state index contributed by atoms with van der Waals surface area (Å²) < 4.78 is 32.1. The minimum absolute atomic E-state index is 0.117. The first kappa shape index (κ1) is 78.9. The third-order valence-corrected chi connectivity index (χ3v) is 20.3. The van der Waals surface area contributed by atoms with E-state index in [0.717, 1.165) is 105 Å². The maximum absolute atomic E-state index is 16.4. The number of fused-ring (bicyclic) bond motifs is 14. The molecule has 7 aliphatic rings. The van der Waals surface area contributed by atoms with Crippen LogP contribution in [0.5, 0.6) is 69.0 Å². The summed E-state index contributed by atoms with van der Waals surface area (Å²) in [5.74, 6) is -18.1. The van der Waals surface area contributed by atoms with E-state index in [4.69, 9.17) is 46.9 Å². The van der Waals surface area contributed by atoms with Gasteiger partial charge < -0.3 is 117 Å². The quantitative estimate of drug-likeness (QED) is 0.0474. The zero-order valence-corrected chi connectivity index (χ0v) is 60.9. The summed E-state index contributed by atoms with van der Waals surface area (Å²) >= 11 is 14.1. The molecule has 13 atom stereocenters. The second kappa shape index (κ2) is 33.3. The molecule has 7 aliphatic heterocycles. The van der Waals surface area contributed by atoms with Crippen LogP contribution in [0.25, 0.3) is 11.1 Å². The van der Waals surface area contributed by atoms with Crippen molar-refractivity contribution in [1.82, 2.24) is 42.5 Å². The number of ether oxygens (including phenoxy) is 5. The molecule has 34 heteroatoms. The number of aliphatic carboxylic acids is 2. The van der Waals surface area contributed by atoms with E-state index in [9.17, 15) is 75.0 Å². The number of carboxylic acids is 2. The molecule has 7 amide bonds. The number of unbranched alkanes of at least 4 members (excludes halogenated alkanes) is 5. The number of amides is 7. The molecule has 8 unspecified atom stereocenters. The van der Waals surface area contributed by atoms with E-state index in [1.807, 2.05) is 0 Å². The van der Waals surface area contributed by atoms with E-state index in [0.29, 0.717) is 24.3 Å². The van der Waals surface area contributed by atoms with Crippen LogP contribution in [0, 0.1) is 5.92 Å². The topological polar surface area (TPSA) is 498 Å². The van der Waals surface area contributed by atoms with Crippen LogP contribution in [-0.2, 0) is 54.3 Å². The number of carbonyl (C=O) groups is 9. The Hall–Kier alpha value is -11.7. The lowest BCUT2D eigenvalue weighted by molar-refractivity contribution is -0.241. The molecule has 18 N–H and O–H groups in total. The average molecular weight is 1570 g/mol. The van der Waals surface area contributed by atoms with Gasteiger partial charge in [0.15, 0.2) is 35.1 Å². The Morgan fingerprint density at radius 3 is 1.87 bits per heavy atom. The second-order valence-corrected chi connectivity index (χ2v) is 28.6. The predicted molar refractivity (Wildman–Crippen MR) is 391 cm³/mol. The average Bonchev–Trinajstić information content (AvgIpc) is 0.754. The van der Waals surface area contributed by atoms with Gasteiger partial charge in [-0.1, -0.05) is 106 Å². The number of hydrogen-bond donors (Lipinski definition) is 18. The summed E-state index contributed by atoms with van der Waals surface area (Å²) in [6.07, 6.45) is -5.82. The minimum atomic E-state index is -2.38. The Morgan fingerprint density at radius 1 is 0.550 bits per heavy atom. The van der Waals surface area contributed by atoms with Gasteiger partial charge in [0.1, 0.15) is 101 Å². The molecule has 0 spiro atoms. The van der Waals surface area contributed by atoms with Gasteiger partial charge in [-0.2, -0.15) is 0 Å². The van der Waals surface area contributed by atoms with E-state index in [2.05, 4.69) is 56.4 Å². The first-order valence-electron chi connectivity index (χ1n) is 35.4. The smallest absolute Gasteiger partial charge is 0.335 e. The van der Waals surface area contributed by atoms with Crippen LogP contribution in [0.15, 0.2) is 115 Å². The van der Waals surface area contributed by atoms with Crippen molar-refractivity contribution in [3.05, 3.63) is 164 Å². The van der Waals surface area contributed by atoms with Crippen molar-refractivity contribution in [2.75, 3.05) is 7.05 Å². The van der Waals surface area contributed by atoms with Gasteiger partial charge in [-0.25, -0.2) is 9.59 Å². The van der Waals surface area contributed by atoms with Crippen LogP contribution >= 0.6 is 23.2 Å². The molecule has 17 bridgehead atoms. The zero-order valence-electron chi connectivity index (χ0n) is 59.4. The number of rotatable bonds is 15. The highest BCUT2D eigenvalue weighted by Crippen LogP contribution is 2.50. The lowest BCUT2D eigenvalue weighted by Gasteiger charge is -2.41. The molecule has 0 aromatic heterocycles. The molecule has 7 heterocycles.